The molecule has 0 unspecified atom stereocenters. The van der Waals surface area contributed by atoms with Gasteiger partial charge in [0.05, 0.1) is 12.2 Å². The molecule has 0 fully saturated rings. The van der Waals surface area contributed by atoms with Gasteiger partial charge in [0.1, 0.15) is 0 Å². The van der Waals surface area contributed by atoms with Crippen LogP contribution in [0.1, 0.15) is 21.7 Å². The van der Waals surface area contributed by atoms with Crippen LogP contribution in [0.5, 0.6) is 0 Å². The smallest absolute Gasteiger partial charge is 0.272 e. The van der Waals surface area contributed by atoms with Crippen LogP contribution in [0.3, 0.4) is 0 Å². The third-order valence-electron chi connectivity index (χ3n) is 3.97. The fourth-order valence-electron chi connectivity index (χ4n) is 2.59. The van der Waals surface area contributed by atoms with Gasteiger partial charge < -0.3 is 10.6 Å². The molecule has 0 bridgehead atoms. The van der Waals surface area contributed by atoms with E-state index < -0.39 is 5.91 Å². The third-order valence-corrected chi connectivity index (χ3v) is 4.86. The van der Waals surface area contributed by atoms with Crippen molar-refractivity contribution < 1.29 is 9.59 Å². The number of anilines is 1. The lowest BCUT2D eigenvalue weighted by Gasteiger charge is -2.08. The van der Waals surface area contributed by atoms with E-state index in [0.717, 1.165) is 21.4 Å². The summed E-state index contributed by atoms with van der Waals surface area (Å²) < 4.78 is 2.66. The standard InChI is InChI=1S/C20H19BrN4O2/c1-13-10-15(8-9-17(13)21)23-19(26)12-22-20(27)18-11-14(2)25(24-18)16-6-4-3-5-7-16/h3-11H,12H2,1-2H3,(H,22,27)(H,23,26). The number of carbonyl (C=O) groups excluding carboxylic acids is 2. The summed E-state index contributed by atoms with van der Waals surface area (Å²) >= 11 is 3.42. The van der Waals surface area contributed by atoms with E-state index in [4.69, 9.17) is 0 Å². The lowest BCUT2D eigenvalue weighted by atomic mass is 10.2. The van der Waals surface area contributed by atoms with Crippen molar-refractivity contribution in [2.75, 3.05) is 11.9 Å². The highest BCUT2D eigenvalue weighted by atomic mass is 79.9. The summed E-state index contributed by atoms with van der Waals surface area (Å²) in [5.74, 6) is -0.695. The Hall–Kier alpha value is -2.93. The molecule has 7 heteroatoms. The molecule has 0 saturated carbocycles. The van der Waals surface area contributed by atoms with Crippen LogP contribution in [0.2, 0.25) is 0 Å². The minimum absolute atomic E-state index is 0.134. The van der Waals surface area contributed by atoms with E-state index in [1.54, 1.807) is 16.8 Å². The number of amides is 2. The number of halogens is 1. The highest BCUT2D eigenvalue weighted by Gasteiger charge is 2.14. The molecule has 138 valence electrons. The van der Waals surface area contributed by atoms with Gasteiger partial charge in [-0.2, -0.15) is 5.10 Å². The Morgan fingerprint density at radius 2 is 1.81 bits per heavy atom. The number of rotatable bonds is 5. The first-order valence-electron chi connectivity index (χ1n) is 8.40. The van der Waals surface area contributed by atoms with Gasteiger partial charge in [-0.25, -0.2) is 4.68 Å². The van der Waals surface area contributed by atoms with Crippen LogP contribution in [-0.4, -0.2) is 28.1 Å². The number of hydrogen-bond donors (Lipinski definition) is 2. The van der Waals surface area contributed by atoms with Crippen LogP contribution in [-0.2, 0) is 4.79 Å². The Morgan fingerprint density at radius 3 is 2.52 bits per heavy atom. The van der Waals surface area contributed by atoms with Crippen LogP contribution in [0.15, 0.2) is 59.1 Å². The Kier molecular flexibility index (Phi) is 5.71. The molecule has 2 amide bonds. The SMILES string of the molecule is Cc1cc(NC(=O)CNC(=O)c2cc(C)n(-c3ccccc3)n2)ccc1Br. The number of nitrogens with zero attached hydrogens (tertiary/aromatic N) is 2. The van der Waals surface area contributed by atoms with Gasteiger partial charge >= 0.3 is 0 Å². The molecular formula is C20H19BrN4O2. The van der Waals surface area contributed by atoms with Gasteiger partial charge in [-0.15, -0.1) is 0 Å². The second-order valence-electron chi connectivity index (χ2n) is 6.11. The molecule has 3 aromatic rings. The molecule has 1 aromatic heterocycles. The van der Waals surface area contributed by atoms with Crippen molar-refractivity contribution in [3.8, 4) is 5.69 Å². The predicted molar refractivity (Wildman–Crippen MR) is 108 cm³/mol. The van der Waals surface area contributed by atoms with Crippen LogP contribution in [0.25, 0.3) is 5.69 Å². The maximum absolute atomic E-state index is 12.3. The van der Waals surface area contributed by atoms with Crippen LogP contribution >= 0.6 is 15.9 Å². The maximum atomic E-state index is 12.3. The van der Waals surface area contributed by atoms with Crippen molar-refractivity contribution in [1.29, 1.82) is 0 Å². The van der Waals surface area contributed by atoms with Crippen molar-refractivity contribution in [3.63, 3.8) is 0 Å². The molecular weight excluding hydrogens is 408 g/mol. The molecule has 0 aliphatic carbocycles. The number of carbonyl (C=O) groups is 2. The Balaban J connectivity index is 1.61. The molecule has 0 aliphatic heterocycles. The van der Waals surface area contributed by atoms with Crippen molar-refractivity contribution in [2.45, 2.75) is 13.8 Å². The Bertz CT molecular complexity index is 983. The molecule has 0 radical (unpaired) electrons. The number of nitrogens with one attached hydrogen (secondary N) is 2. The first kappa shape index (κ1) is 18.8. The number of aromatic nitrogens is 2. The topological polar surface area (TPSA) is 76.0 Å². The van der Waals surface area contributed by atoms with Gasteiger partial charge in [-0.1, -0.05) is 34.1 Å². The maximum Gasteiger partial charge on any atom is 0.272 e. The third kappa shape index (κ3) is 4.62. The molecule has 6 nitrogen and oxygen atoms in total. The van der Waals surface area contributed by atoms with Crippen LogP contribution in [0.4, 0.5) is 5.69 Å². The second-order valence-corrected chi connectivity index (χ2v) is 6.97. The molecule has 0 spiro atoms. The predicted octanol–water partition coefficient (Wildman–Crippen LogP) is 3.62. The number of para-hydroxylation sites is 1. The van der Waals surface area contributed by atoms with Gasteiger partial charge in [0, 0.05) is 15.9 Å². The number of hydrogen-bond acceptors (Lipinski definition) is 3. The summed E-state index contributed by atoms with van der Waals surface area (Å²) in [5, 5.41) is 9.69. The summed E-state index contributed by atoms with van der Waals surface area (Å²) in [7, 11) is 0. The average Bonchev–Trinajstić information content (AvgIpc) is 3.05. The quantitative estimate of drug-likeness (QED) is 0.653. The molecule has 0 aliphatic rings. The van der Waals surface area contributed by atoms with E-state index >= 15 is 0 Å². The molecule has 0 atom stereocenters. The summed E-state index contributed by atoms with van der Waals surface area (Å²) in [6.07, 6.45) is 0. The minimum Gasteiger partial charge on any atom is -0.342 e. The lowest BCUT2D eigenvalue weighted by Crippen LogP contribution is -2.33. The fourth-order valence-corrected chi connectivity index (χ4v) is 2.84. The monoisotopic (exact) mass is 426 g/mol. The zero-order valence-corrected chi connectivity index (χ0v) is 16.6. The number of benzene rings is 2. The highest BCUT2D eigenvalue weighted by molar-refractivity contribution is 9.10. The van der Waals surface area contributed by atoms with E-state index in [0.29, 0.717) is 5.69 Å². The first-order chi connectivity index (χ1) is 12.9. The van der Waals surface area contributed by atoms with Gasteiger partial charge in [-0.05, 0) is 55.8 Å². The molecule has 2 aromatic carbocycles. The average molecular weight is 427 g/mol. The van der Waals surface area contributed by atoms with E-state index in [1.807, 2.05) is 56.3 Å². The summed E-state index contributed by atoms with van der Waals surface area (Å²) in [4.78, 5) is 24.4. The molecule has 1 heterocycles. The second kappa shape index (κ2) is 8.18. The van der Waals surface area contributed by atoms with Gasteiger partial charge in [0.15, 0.2) is 5.69 Å². The Morgan fingerprint density at radius 1 is 1.07 bits per heavy atom. The molecule has 3 rings (SSSR count). The summed E-state index contributed by atoms with van der Waals surface area (Å²) in [6.45, 7) is 3.68. The van der Waals surface area contributed by atoms with Gasteiger partial charge in [0.25, 0.3) is 5.91 Å². The molecule has 27 heavy (non-hydrogen) atoms. The van der Waals surface area contributed by atoms with Crippen LogP contribution in [0, 0.1) is 13.8 Å². The lowest BCUT2D eigenvalue weighted by molar-refractivity contribution is -0.115. The highest BCUT2D eigenvalue weighted by Crippen LogP contribution is 2.19. The molecule has 0 saturated heterocycles. The van der Waals surface area contributed by atoms with Crippen LogP contribution < -0.4 is 10.6 Å². The molecule has 2 N–H and O–H groups in total. The van der Waals surface area contributed by atoms with Crippen molar-refractivity contribution >= 4 is 33.4 Å². The zero-order valence-electron chi connectivity index (χ0n) is 15.0. The fraction of sp³-hybridized carbons (Fsp3) is 0.150. The van der Waals surface area contributed by atoms with E-state index in [1.165, 1.54) is 0 Å². The minimum atomic E-state index is -0.394. The zero-order chi connectivity index (χ0) is 19.4. The van der Waals surface area contributed by atoms with Crippen molar-refractivity contribution in [3.05, 3.63) is 76.0 Å². The normalized spacial score (nSPS) is 10.5. The number of aryl methyl sites for hydroxylation is 2. The first-order valence-corrected chi connectivity index (χ1v) is 9.19. The Labute approximate surface area is 165 Å². The van der Waals surface area contributed by atoms with E-state index in [9.17, 15) is 9.59 Å². The van der Waals surface area contributed by atoms with Gasteiger partial charge in [-0.3, -0.25) is 9.59 Å². The largest absolute Gasteiger partial charge is 0.342 e. The van der Waals surface area contributed by atoms with Crippen molar-refractivity contribution in [2.24, 2.45) is 0 Å². The van der Waals surface area contributed by atoms with E-state index in [-0.39, 0.29) is 18.1 Å². The summed E-state index contributed by atoms with van der Waals surface area (Å²) in [5.41, 5.74) is 3.67. The summed E-state index contributed by atoms with van der Waals surface area (Å²) in [6, 6.07) is 16.8. The van der Waals surface area contributed by atoms with E-state index in [2.05, 4.69) is 31.7 Å². The van der Waals surface area contributed by atoms with Crippen molar-refractivity contribution in [1.82, 2.24) is 15.1 Å². The van der Waals surface area contributed by atoms with Gasteiger partial charge in [0.2, 0.25) is 5.91 Å².